The van der Waals surface area contributed by atoms with Gasteiger partial charge in [0.15, 0.2) is 0 Å². The molecule has 0 N–H and O–H groups in total. The number of hydrogen-bond acceptors (Lipinski definition) is 2. The Labute approximate surface area is 120 Å². The summed E-state index contributed by atoms with van der Waals surface area (Å²) < 4.78 is 0. The fourth-order valence-electron chi connectivity index (χ4n) is 2.60. The van der Waals surface area contributed by atoms with Crippen molar-refractivity contribution in [1.29, 1.82) is 5.26 Å². The summed E-state index contributed by atoms with van der Waals surface area (Å²) in [4.78, 5) is 14.0. The van der Waals surface area contributed by atoms with E-state index < -0.39 is 0 Å². The van der Waals surface area contributed by atoms with Gasteiger partial charge >= 0.3 is 0 Å². The molecule has 0 heterocycles. The van der Waals surface area contributed by atoms with Crippen LogP contribution in [0.1, 0.15) is 43.2 Å². The predicted molar refractivity (Wildman–Crippen MR) is 79.8 cm³/mol. The minimum atomic E-state index is 0.0567. The number of hydrogen-bond donors (Lipinski definition) is 0. The Balaban J connectivity index is 1.95. The van der Waals surface area contributed by atoms with Crippen LogP contribution in [0.3, 0.4) is 0 Å². The normalized spacial score (nSPS) is 16.0. The number of nitriles is 1. The maximum Gasteiger partial charge on any atom is 0.246 e. The van der Waals surface area contributed by atoms with Gasteiger partial charge in [-0.25, -0.2) is 0 Å². The number of likely N-dealkylation sites (N-methyl/N-ethyl adjacent to an activating group) is 1. The molecule has 1 fully saturated rings. The molecule has 1 aliphatic carbocycles. The molecule has 104 valence electrons. The van der Waals surface area contributed by atoms with Gasteiger partial charge in [-0.2, -0.15) is 5.26 Å². The van der Waals surface area contributed by atoms with Crippen molar-refractivity contribution in [2.24, 2.45) is 0 Å². The highest BCUT2D eigenvalue weighted by atomic mass is 16.2. The van der Waals surface area contributed by atoms with Crippen LogP contribution >= 0.6 is 0 Å². The third kappa shape index (κ3) is 3.71. The highest BCUT2D eigenvalue weighted by Gasteiger charge is 2.20. The fraction of sp³-hybridized carbons (Fsp3) is 0.412. The van der Waals surface area contributed by atoms with Crippen molar-refractivity contribution in [2.45, 2.75) is 38.1 Å². The van der Waals surface area contributed by atoms with Crippen LogP contribution in [0.5, 0.6) is 0 Å². The molecule has 0 aliphatic heterocycles. The van der Waals surface area contributed by atoms with E-state index in [1.165, 1.54) is 19.3 Å². The first-order valence-corrected chi connectivity index (χ1v) is 7.16. The van der Waals surface area contributed by atoms with E-state index in [-0.39, 0.29) is 5.91 Å². The van der Waals surface area contributed by atoms with Crippen LogP contribution in [0.4, 0.5) is 0 Å². The van der Waals surface area contributed by atoms with E-state index in [2.05, 4.69) is 6.07 Å². The summed E-state index contributed by atoms with van der Waals surface area (Å²) >= 11 is 0. The number of carbonyl (C=O) groups is 1. The van der Waals surface area contributed by atoms with Crippen LogP contribution in [0, 0.1) is 11.3 Å². The fourth-order valence-corrected chi connectivity index (χ4v) is 2.60. The first kappa shape index (κ1) is 14.3. The molecule has 0 unspecified atom stereocenters. The molecule has 0 saturated heterocycles. The van der Waals surface area contributed by atoms with Crippen molar-refractivity contribution >= 4 is 12.0 Å². The molecule has 3 nitrogen and oxygen atoms in total. The summed E-state index contributed by atoms with van der Waals surface area (Å²) in [6.07, 6.45) is 9.40. The standard InChI is InChI=1S/C17H20N2O/c1-19(16-5-3-2-4-6-16)17(20)12-11-14-7-9-15(13-18)10-8-14/h7-12,16H,2-6H2,1H3/b12-11+. The minimum Gasteiger partial charge on any atom is -0.339 e. The van der Waals surface area contributed by atoms with Crippen molar-refractivity contribution < 1.29 is 4.79 Å². The van der Waals surface area contributed by atoms with Gasteiger partial charge in [0.1, 0.15) is 0 Å². The molecule has 0 spiro atoms. The van der Waals surface area contributed by atoms with Gasteiger partial charge in [-0.05, 0) is 36.6 Å². The molecule has 3 heteroatoms. The number of benzene rings is 1. The second-order valence-corrected chi connectivity index (χ2v) is 5.31. The monoisotopic (exact) mass is 268 g/mol. The number of rotatable bonds is 3. The Kier molecular flexibility index (Phi) is 4.95. The van der Waals surface area contributed by atoms with E-state index in [9.17, 15) is 4.79 Å². The molecule has 1 aliphatic rings. The topological polar surface area (TPSA) is 44.1 Å². The van der Waals surface area contributed by atoms with Gasteiger partial charge in [0.2, 0.25) is 5.91 Å². The molecule has 1 aromatic rings. The largest absolute Gasteiger partial charge is 0.339 e. The quantitative estimate of drug-likeness (QED) is 0.789. The molecule has 0 atom stereocenters. The van der Waals surface area contributed by atoms with E-state index in [0.717, 1.165) is 18.4 Å². The van der Waals surface area contributed by atoms with E-state index in [1.807, 2.05) is 30.2 Å². The lowest BCUT2D eigenvalue weighted by molar-refractivity contribution is -0.127. The van der Waals surface area contributed by atoms with Gasteiger partial charge < -0.3 is 4.90 Å². The summed E-state index contributed by atoms with van der Waals surface area (Å²) in [7, 11) is 1.89. The molecular formula is C17H20N2O. The van der Waals surface area contributed by atoms with Crippen LogP contribution in [-0.4, -0.2) is 23.9 Å². The maximum atomic E-state index is 12.1. The zero-order valence-electron chi connectivity index (χ0n) is 11.9. The van der Waals surface area contributed by atoms with Crippen LogP contribution in [0.15, 0.2) is 30.3 Å². The molecule has 0 aromatic heterocycles. The van der Waals surface area contributed by atoms with Crippen LogP contribution in [0.2, 0.25) is 0 Å². The molecular weight excluding hydrogens is 248 g/mol. The Morgan fingerprint density at radius 2 is 1.90 bits per heavy atom. The van der Waals surface area contributed by atoms with Crippen LogP contribution < -0.4 is 0 Å². The smallest absolute Gasteiger partial charge is 0.246 e. The number of carbonyl (C=O) groups excluding carboxylic acids is 1. The number of amides is 1. The highest BCUT2D eigenvalue weighted by molar-refractivity contribution is 5.91. The van der Waals surface area contributed by atoms with Gasteiger partial charge in [-0.15, -0.1) is 0 Å². The molecule has 0 bridgehead atoms. The van der Waals surface area contributed by atoms with Crippen molar-refractivity contribution in [1.82, 2.24) is 4.90 Å². The molecule has 20 heavy (non-hydrogen) atoms. The van der Waals surface area contributed by atoms with Crippen molar-refractivity contribution in [2.75, 3.05) is 7.05 Å². The third-order valence-corrected chi connectivity index (χ3v) is 3.93. The lowest BCUT2D eigenvalue weighted by Crippen LogP contribution is -2.37. The molecule has 1 amide bonds. The zero-order chi connectivity index (χ0) is 14.4. The van der Waals surface area contributed by atoms with E-state index in [4.69, 9.17) is 5.26 Å². The Hall–Kier alpha value is -2.08. The van der Waals surface area contributed by atoms with Crippen LogP contribution in [-0.2, 0) is 4.79 Å². The summed E-state index contributed by atoms with van der Waals surface area (Å²) in [5, 5.41) is 8.73. The second kappa shape index (κ2) is 6.91. The van der Waals surface area contributed by atoms with Crippen molar-refractivity contribution in [3.8, 4) is 6.07 Å². The van der Waals surface area contributed by atoms with Crippen molar-refractivity contribution in [3.63, 3.8) is 0 Å². The highest BCUT2D eigenvalue weighted by Crippen LogP contribution is 2.21. The summed E-state index contributed by atoms with van der Waals surface area (Å²) in [6.45, 7) is 0. The third-order valence-electron chi connectivity index (χ3n) is 3.93. The maximum absolute atomic E-state index is 12.1. The first-order chi connectivity index (χ1) is 9.70. The number of nitrogens with zero attached hydrogens (tertiary/aromatic N) is 2. The zero-order valence-corrected chi connectivity index (χ0v) is 11.9. The molecule has 1 saturated carbocycles. The SMILES string of the molecule is CN(C(=O)/C=C/c1ccc(C#N)cc1)C1CCCCC1. The Morgan fingerprint density at radius 1 is 1.25 bits per heavy atom. The van der Waals surface area contributed by atoms with Crippen molar-refractivity contribution in [3.05, 3.63) is 41.5 Å². The molecule has 1 aromatic carbocycles. The predicted octanol–water partition coefficient (Wildman–Crippen LogP) is 3.36. The van der Waals surface area contributed by atoms with Gasteiger partial charge in [0.05, 0.1) is 11.6 Å². The van der Waals surface area contributed by atoms with Crippen LogP contribution in [0.25, 0.3) is 6.08 Å². The lowest BCUT2D eigenvalue weighted by Gasteiger charge is -2.30. The average molecular weight is 268 g/mol. The molecule has 2 rings (SSSR count). The van der Waals surface area contributed by atoms with Gasteiger partial charge in [0, 0.05) is 19.2 Å². The lowest BCUT2D eigenvalue weighted by atomic mass is 9.94. The van der Waals surface area contributed by atoms with E-state index in [1.54, 1.807) is 18.2 Å². The summed E-state index contributed by atoms with van der Waals surface area (Å²) in [6, 6.07) is 9.69. The second-order valence-electron chi connectivity index (χ2n) is 5.31. The molecule has 0 radical (unpaired) electrons. The average Bonchev–Trinajstić information content (AvgIpc) is 2.53. The van der Waals surface area contributed by atoms with E-state index >= 15 is 0 Å². The first-order valence-electron chi connectivity index (χ1n) is 7.16. The summed E-state index contributed by atoms with van der Waals surface area (Å²) in [5.74, 6) is 0.0567. The van der Waals surface area contributed by atoms with E-state index in [0.29, 0.717) is 11.6 Å². The summed E-state index contributed by atoms with van der Waals surface area (Å²) in [5.41, 5.74) is 1.57. The Bertz CT molecular complexity index is 519. The minimum absolute atomic E-state index is 0.0567. The van der Waals surface area contributed by atoms with Gasteiger partial charge in [0.25, 0.3) is 0 Å². The van der Waals surface area contributed by atoms with Gasteiger partial charge in [-0.1, -0.05) is 31.4 Å². The van der Waals surface area contributed by atoms with Gasteiger partial charge in [-0.3, -0.25) is 4.79 Å². The Morgan fingerprint density at radius 3 is 2.50 bits per heavy atom.